The Bertz CT molecular complexity index is 1760. The molecule has 53 heavy (non-hydrogen) atoms. The van der Waals surface area contributed by atoms with E-state index in [0.29, 0.717) is 37.6 Å². The average Bonchev–Trinajstić information content (AvgIpc) is 3.72. The summed E-state index contributed by atoms with van der Waals surface area (Å²) in [5.41, 5.74) is 7.21. The van der Waals surface area contributed by atoms with Gasteiger partial charge in [0.25, 0.3) is 0 Å². The fraction of sp³-hybridized carbons (Fsp3) is 0.814. The normalized spacial score (nSPS) is 41.5. The van der Waals surface area contributed by atoms with Gasteiger partial charge < -0.3 is 24.9 Å². The van der Waals surface area contributed by atoms with E-state index in [1.165, 1.54) is 5.57 Å². The molecule has 10 heteroatoms. The minimum absolute atomic E-state index is 0.135. The summed E-state index contributed by atoms with van der Waals surface area (Å²) in [5, 5.41) is 16.1. The summed E-state index contributed by atoms with van der Waals surface area (Å²) < 4.78 is 18.0. The zero-order valence-electron chi connectivity index (χ0n) is 34.7. The number of hydrogen-bond acceptors (Lipinski definition) is 7. The van der Waals surface area contributed by atoms with Gasteiger partial charge >= 0.3 is 5.97 Å². The van der Waals surface area contributed by atoms with E-state index in [1.807, 2.05) is 24.1 Å². The minimum Gasteiger partial charge on any atom is -0.481 e. The molecule has 2 bridgehead atoms. The smallest absolute Gasteiger partial charge is 0.307 e. The molecular weight excluding hydrogens is 665 g/mol. The van der Waals surface area contributed by atoms with Crippen LogP contribution in [0.4, 0.5) is 0 Å². The Kier molecular flexibility index (Phi) is 9.11. The Balaban J connectivity index is 1.35. The van der Waals surface area contributed by atoms with Gasteiger partial charge in [0, 0.05) is 29.6 Å². The second kappa shape index (κ2) is 12.5. The zero-order valence-corrected chi connectivity index (χ0v) is 34.7. The van der Waals surface area contributed by atoms with E-state index in [2.05, 4.69) is 86.9 Å². The van der Waals surface area contributed by atoms with E-state index < -0.39 is 17.4 Å². The van der Waals surface area contributed by atoms with Crippen LogP contribution in [0.25, 0.3) is 11.5 Å². The van der Waals surface area contributed by atoms with Crippen LogP contribution < -0.4 is 5.73 Å². The lowest BCUT2D eigenvalue weighted by molar-refractivity contribution is -0.253. The van der Waals surface area contributed by atoms with Gasteiger partial charge in [-0.15, -0.1) is 0 Å². The highest BCUT2D eigenvalue weighted by molar-refractivity contribution is 5.73. The van der Waals surface area contributed by atoms with Crippen LogP contribution in [0.15, 0.2) is 30.5 Å². The van der Waals surface area contributed by atoms with E-state index in [4.69, 9.17) is 30.3 Å². The largest absolute Gasteiger partial charge is 0.481 e. The topological polar surface area (TPSA) is 130 Å². The molecule has 7 rings (SSSR count). The standard InChI is InChI=1S/C43H68N6O4/c1-26(2)27(3)38(7)17-18-40(9)28-13-14-32-39(8)21-52-23-43(32,29(28)15-16-41(40,10)33(38)36(50)51)19-31(34(39)53-22-42(11,44)37(4,5)6)49-35(45-24-47-49)30-20-48(12)25-46-30/h15,20,24-28,31-34H,13-14,16-19,21-23,44H2,1-12H3,(H,50,51)/t27-,28+,31-,32+,33-,34+,38-,39-,40-,41+,42+,43+/m1/s1. The van der Waals surface area contributed by atoms with Crippen LogP contribution in [-0.4, -0.2) is 66.9 Å². The van der Waals surface area contributed by atoms with Crippen LogP contribution in [0.2, 0.25) is 0 Å². The summed E-state index contributed by atoms with van der Waals surface area (Å²) in [6.07, 6.45) is 13.4. The number of imidazole rings is 1. The van der Waals surface area contributed by atoms with Gasteiger partial charge in [-0.25, -0.2) is 14.6 Å². The lowest BCUT2D eigenvalue weighted by Crippen LogP contribution is -2.69. The van der Waals surface area contributed by atoms with Gasteiger partial charge in [-0.05, 0) is 90.8 Å². The van der Waals surface area contributed by atoms with Crippen molar-refractivity contribution in [3.05, 3.63) is 30.5 Å². The van der Waals surface area contributed by atoms with Crippen LogP contribution in [0.3, 0.4) is 0 Å². The highest BCUT2D eigenvalue weighted by Gasteiger charge is 2.72. The monoisotopic (exact) mass is 733 g/mol. The molecule has 294 valence electrons. The fourth-order valence-corrected chi connectivity index (χ4v) is 12.8. The number of rotatable bonds is 8. The number of aryl methyl sites for hydroxylation is 1. The molecule has 1 saturated heterocycles. The molecule has 0 unspecified atom stereocenters. The first-order valence-electron chi connectivity index (χ1n) is 20.4. The molecule has 4 aliphatic carbocycles. The number of carboxylic acids is 1. The summed E-state index contributed by atoms with van der Waals surface area (Å²) in [7, 11) is 1.98. The predicted molar refractivity (Wildman–Crippen MR) is 207 cm³/mol. The van der Waals surface area contributed by atoms with Crippen molar-refractivity contribution in [3.63, 3.8) is 0 Å². The molecule has 0 spiro atoms. The molecule has 4 fully saturated rings. The molecule has 0 radical (unpaired) electrons. The van der Waals surface area contributed by atoms with Crippen molar-refractivity contribution in [2.24, 2.45) is 74.9 Å². The van der Waals surface area contributed by atoms with Crippen molar-refractivity contribution in [3.8, 4) is 11.5 Å². The number of aliphatic carboxylic acids is 1. The molecule has 5 aliphatic rings. The highest BCUT2D eigenvalue weighted by Crippen LogP contribution is 2.75. The Labute approximate surface area is 318 Å². The van der Waals surface area contributed by atoms with E-state index >= 15 is 0 Å². The molecular formula is C43H68N6O4. The summed E-state index contributed by atoms with van der Waals surface area (Å²) in [6.45, 7) is 26.6. The lowest BCUT2D eigenvalue weighted by Gasteiger charge is -2.71. The van der Waals surface area contributed by atoms with Crippen molar-refractivity contribution in [1.82, 2.24) is 24.3 Å². The third-order valence-corrected chi connectivity index (χ3v) is 17.2. The molecule has 2 aromatic rings. The molecule has 12 atom stereocenters. The minimum atomic E-state index is -0.626. The Morgan fingerprint density at radius 1 is 1.08 bits per heavy atom. The number of carboxylic acid groups (broad SMARTS) is 1. The van der Waals surface area contributed by atoms with E-state index in [1.54, 1.807) is 6.33 Å². The van der Waals surface area contributed by atoms with Crippen LogP contribution in [0.5, 0.6) is 0 Å². The summed E-state index contributed by atoms with van der Waals surface area (Å²) in [6, 6.07) is -0.135. The molecule has 2 aromatic heterocycles. The molecule has 0 amide bonds. The van der Waals surface area contributed by atoms with Crippen molar-refractivity contribution in [2.45, 2.75) is 132 Å². The van der Waals surface area contributed by atoms with E-state index in [-0.39, 0.29) is 50.6 Å². The SMILES string of the molecule is CC(C)[C@@H](C)[C@@]1(C)CC[C@]2(C)[C@H]3CC[C@@H]4[C@@]5(COC[C@@]4(C)[C@@H](OC[C@](C)(N)C(C)(C)C)[C@H](n4ncnc4-c4cn(C)cn4)C5)C3=CC[C@@]2(C)[C@@H]1C(=O)O. The maximum absolute atomic E-state index is 13.6. The first-order chi connectivity index (χ1) is 24.6. The lowest BCUT2D eigenvalue weighted by atomic mass is 9.34. The number of aromatic nitrogens is 5. The van der Waals surface area contributed by atoms with Gasteiger partial charge in [-0.1, -0.05) is 80.9 Å². The van der Waals surface area contributed by atoms with Gasteiger partial charge in [0.1, 0.15) is 12.0 Å². The van der Waals surface area contributed by atoms with Gasteiger partial charge in [-0.3, -0.25) is 4.79 Å². The number of ether oxygens (including phenoxy) is 2. The molecule has 3 heterocycles. The number of nitrogens with two attached hydrogens (primary N) is 1. The van der Waals surface area contributed by atoms with Gasteiger partial charge in [0.15, 0.2) is 5.82 Å². The third-order valence-electron chi connectivity index (χ3n) is 17.2. The average molecular weight is 733 g/mol. The van der Waals surface area contributed by atoms with Gasteiger partial charge in [0.05, 0.1) is 44.2 Å². The van der Waals surface area contributed by atoms with Gasteiger partial charge in [0.2, 0.25) is 0 Å². The fourth-order valence-electron chi connectivity index (χ4n) is 12.8. The zero-order chi connectivity index (χ0) is 38.7. The Morgan fingerprint density at radius 3 is 2.42 bits per heavy atom. The molecule has 3 saturated carbocycles. The van der Waals surface area contributed by atoms with E-state index in [0.717, 1.165) is 50.0 Å². The number of hydrogen-bond donors (Lipinski definition) is 2. The predicted octanol–water partition coefficient (Wildman–Crippen LogP) is 7.96. The molecule has 1 aliphatic heterocycles. The highest BCUT2D eigenvalue weighted by atomic mass is 16.5. The Morgan fingerprint density at radius 2 is 1.79 bits per heavy atom. The first kappa shape index (κ1) is 38.7. The Hall–Kier alpha value is -2.56. The third kappa shape index (κ3) is 5.41. The first-order valence-corrected chi connectivity index (χ1v) is 20.4. The summed E-state index contributed by atoms with van der Waals surface area (Å²) >= 11 is 0. The van der Waals surface area contributed by atoms with Crippen LogP contribution in [-0.2, 0) is 21.3 Å². The van der Waals surface area contributed by atoms with E-state index in [9.17, 15) is 9.90 Å². The summed E-state index contributed by atoms with van der Waals surface area (Å²) in [5.74, 6) is 1.03. The van der Waals surface area contributed by atoms with Gasteiger partial charge in [-0.2, -0.15) is 5.10 Å². The maximum atomic E-state index is 13.6. The quantitative estimate of drug-likeness (QED) is 0.262. The van der Waals surface area contributed by atoms with Crippen molar-refractivity contribution < 1.29 is 19.4 Å². The molecule has 10 nitrogen and oxygen atoms in total. The van der Waals surface area contributed by atoms with Crippen LogP contribution in [0, 0.1) is 62.1 Å². The van der Waals surface area contributed by atoms with Crippen LogP contribution in [0.1, 0.15) is 121 Å². The summed E-state index contributed by atoms with van der Waals surface area (Å²) in [4.78, 5) is 23.1. The number of allylic oxidation sites excluding steroid dienone is 1. The van der Waals surface area contributed by atoms with Crippen molar-refractivity contribution >= 4 is 5.97 Å². The second-order valence-electron chi connectivity index (χ2n) is 21.0. The number of nitrogens with zero attached hydrogens (tertiary/aromatic N) is 5. The van der Waals surface area contributed by atoms with Crippen molar-refractivity contribution in [1.29, 1.82) is 0 Å². The number of fused-ring (bicyclic) bond motifs is 3. The molecule has 3 N–H and O–H groups in total. The maximum Gasteiger partial charge on any atom is 0.307 e. The van der Waals surface area contributed by atoms with Crippen molar-refractivity contribution in [2.75, 3.05) is 19.8 Å². The second-order valence-corrected chi connectivity index (χ2v) is 21.0. The number of carbonyl (C=O) groups is 1. The molecule has 0 aromatic carbocycles. The van der Waals surface area contributed by atoms with Crippen LogP contribution >= 0.6 is 0 Å².